The maximum atomic E-state index is 9.17. The minimum atomic E-state index is -0.0481. The van der Waals surface area contributed by atoms with Crippen LogP contribution >= 0.6 is 27.3 Å². The summed E-state index contributed by atoms with van der Waals surface area (Å²) < 4.78 is 1.20. The number of aliphatic hydroxyl groups excluding tert-OH is 1. The van der Waals surface area contributed by atoms with Crippen LogP contribution in [0.25, 0.3) is 0 Å². The molecule has 1 saturated carbocycles. The molecular weight excluding hydrogens is 236 g/mol. The smallest absolute Gasteiger partial charge is 0.0704 e. The molecule has 1 aromatic rings. The first-order valence-corrected chi connectivity index (χ1v) is 5.71. The van der Waals surface area contributed by atoms with Crippen LogP contribution in [0.15, 0.2) is 9.85 Å². The summed E-state index contributed by atoms with van der Waals surface area (Å²) in [4.78, 5) is 1.39. The molecule has 66 valence electrons. The molecule has 0 saturated heterocycles. The van der Waals surface area contributed by atoms with Crippen molar-refractivity contribution in [1.29, 1.82) is 0 Å². The molecule has 1 heterocycles. The summed E-state index contributed by atoms with van der Waals surface area (Å²) in [6.07, 6.45) is 1.85. The lowest BCUT2D eigenvalue weighted by atomic mass is 9.78. The minimum absolute atomic E-state index is 0.0481. The predicted octanol–water partition coefficient (Wildman–Crippen LogP) is 3.06. The Hall–Kier alpha value is 0.140. The van der Waals surface area contributed by atoms with Crippen molar-refractivity contribution in [2.75, 3.05) is 0 Å². The van der Waals surface area contributed by atoms with Crippen molar-refractivity contribution in [2.24, 2.45) is 0 Å². The molecule has 0 bridgehead atoms. The van der Waals surface area contributed by atoms with Gasteiger partial charge in [-0.3, -0.25) is 0 Å². The van der Waals surface area contributed by atoms with Crippen LogP contribution in [0.3, 0.4) is 0 Å². The van der Waals surface area contributed by atoms with Crippen LogP contribution in [0.5, 0.6) is 0 Å². The van der Waals surface area contributed by atoms with Gasteiger partial charge in [0.25, 0.3) is 0 Å². The number of aryl methyl sites for hydroxylation is 1. The summed E-state index contributed by atoms with van der Waals surface area (Å²) in [7, 11) is 0. The Morgan fingerprint density at radius 2 is 2.25 bits per heavy atom. The number of halogens is 1. The van der Waals surface area contributed by atoms with E-state index in [1.807, 2.05) is 0 Å². The van der Waals surface area contributed by atoms with Gasteiger partial charge in [0, 0.05) is 4.88 Å². The highest BCUT2D eigenvalue weighted by Gasteiger charge is 2.30. The van der Waals surface area contributed by atoms with Crippen LogP contribution in [0.1, 0.15) is 29.2 Å². The summed E-state index contributed by atoms with van der Waals surface area (Å²) in [6, 6.07) is 2.19. The van der Waals surface area contributed by atoms with Crippen molar-refractivity contribution in [2.45, 2.75) is 31.8 Å². The van der Waals surface area contributed by atoms with E-state index in [2.05, 4.69) is 28.9 Å². The van der Waals surface area contributed by atoms with Crippen LogP contribution in [0.4, 0.5) is 0 Å². The van der Waals surface area contributed by atoms with Crippen molar-refractivity contribution in [3.05, 3.63) is 20.3 Å². The molecular formula is C9H11BrOS. The zero-order chi connectivity index (χ0) is 8.72. The molecule has 0 spiro atoms. The van der Waals surface area contributed by atoms with Crippen molar-refractivity contribution < 1.29 is 5.11 Å². The molecule has 0 atom stereocenters. The summed E-state index contributed by atoms with van der Waals surface area (Å²) in [5.41, 5.74) is 1.43. The second kappa shape index (κ2) is 3.13. The zero-order valence-electron chi connectivity index (χ0n) is 6.88. The van der Waals surface area contributed by atoms with Gasteiger partial charge in [-0.2, -0.15) is 0 Å². The predicted molar refractivity (Wildman–Crippen MR) is 54.7 cm³/mol. The van der Waals surface area contributed by atoms with Gasteiger partial charge in [0.2, 0.25) is 0 Å². The maximum absolute atomic E-state index is 9.17. The molecule has 12 heavy (non-hydrogen) atoms. The average molecular weight is 247 g/mol. The van der Waals surface area contributed by atoms with E-state index in [0.29, 0.717) is 5.92 Å². The minimum Gasteiger partial charge on any atom is -0.393 e. The van der Waals surface area contributed by atoms with Crippen molar-refractivity contribution in [3.8, 4) is 0 Å². The van der Waals surface area contributed by atoms with Gasteiger partial charge < -0.3 is 5.11 Å². The SMILES string of the molecule is Cc1sc(Br)cc1C1CC(O)C1. The first kappa shape index (κ1) is 8.73. The third kappa shape index (κ3) is 1.45. The molecule has 0 radical (unpaired) electrons. The van der Waals surface area contributed by atoms with Crippen LogP contribution < -0.4 is 0 Å². The van der Waals surface area contributed by atoms with E-state index < -0.39 is 0 Å². The highest BCUT2D eigenvalue weighted by Crippen LogP contribution is 2.41. The molecule has 0 aromatic carbocycles. The molecule has 3 heteroatoms. The molecule has 1 aromatic heterocycles. The van der Waals surface area contributed by atoms with Crippen LogP contribution in [-0.4, -0.2) is 11.2 Å². The van der Waals surface area contributed by atoms with E-state index in [1.165, 1.54) is 14.2 Å². The molecule has 1 aliphatic carbocycles. The van der Waals surface area contributed by atoms with Crippen molar-refractivity contribution in [3.63, 3.8) is 0 Å². The topological polar surface area (TPSA) is 20.2 Å². The highest BCUT2D eigenvalue weighted by molar-refractivity contribution is 9.11. The Labute approximate surface area is 84.6 Å². The number of hydrogen-bond acceptors (Lipinski definition) is 2. The van der Waals surface area contributed by atoms with Crippen LogP contribution in [0, 0.1) is 6.92 Å². The number of hydrogen-bond donors (Lipinski definition) is 1. The molecule has 1 nitrogen and oxygen atoms in total. The number of rotatable bonds is 1. The molecule has 1 N–H and O–H groups in total. The Morgan fingerprint density at radius 1 is 1.58 bits per heavy atom. The van der Waals surface area contributed by atoms with E-state index in [0.717, 1.165) is 12.8 Å². The second-order valence-electron chi connectivity index (χ2n) is 3.38. The Bertz CT molecular complexity index is 289. The van der Waals surface area contributed by atoms with Crippen molar-refractivity contribution >= 4 is 27.3 Å². The third-order valence-electron chi connectivity index (χ3n) is 2.48. The summed E-state index contributed by atoms with van der Waals surface area (Å²) in [6.45, 7) is 2.15. The third-order valence-corrected chi connectivity index (χ3v) is 4.05. The largest absolute Gasteiger partial charge is 0.393 e. The molecule has 1 fully saturated rings. The Kier molecular flexibility index (Phi) is 2.27. The molecule has 2 rings (SSSR count). The van der Waals surface area contributed by atoms with Gasteiger partial charge in [0.05, 0.1) is 9.89 Å². The average Bonchev–Trinajstić information content (AvgIpc) is 2.23. The van der Waals surface area contributed by atoms with Gasteiger partial charge in [-0.05, 0) is 53.2 Å². The lowest BCUT2D eigenvalue weighted by molar-refractivity contribution is 0.0746. The maximum Gasteiger partial charge on any atom is 0.0704 e. The fourth-order valence-electron chi connectivity index (χ4n) is 1.71. The first-order valence-electron chi connectivity index (χ1n) is 4.10. The van der Waals surface area contributed by atoms with Crippen LogP contribution in [-0.2, 0) is 0 Å². The standard InChI is InChI=1S/C9H11BrOS/c1-5-8(4-9(10)12-5)6-2-7(11)3-6/h4,6-7,11H,2-3H2,1H3. The highest BCUT2D eigenvalue weighted by atomic mass is 79.9. The van der Waals surface area contributed by atoms with Crippen LogP contribution in [0.2, 0.25) is 0 Å². The summed E-state index contributed by atoms with van der Waals surface area (Å²) in [5, 5.41) is 9.17. The van der Waals surface area contributed by atoms with Gasteiger partial charge in [0.15, 0.2) is 0 Å². The van der Waals surface area contributed by atoms with E-state index >= 15 is 0 Å². The lowest BCUT2D eigenvalue weighted by Gasteiger charge is -2.31. The molecule has 0 aliphatic heterocycles. The molecule has 0 unspecified atom stereocenters. The van der Waals surface area contributed by atoms with Gasteiger partial charge in [-0.25, -0.2) is 0 Å². The van der Waals surface area contributed by atoms with Gasteiger partial charge >= 0.3 is 0 Å². The van der Waals surface area contributed by atoms with Gasteiger partial charge in [-0.1, -0.05) is 0 Å². The molecule has 1 aliphatic rings. The normalized spacial score (nSPS) is 28.6. The van der Waals surface area contributed by atoms with Gasteiger partial charge in [0.1, 0.15) is 0 Å². The van der Waals surface area contributed by atoms with E-state index in [4.69, 9.17) is 5.11 Å². The summed E-state index contributed by atoms with van der Waals surface area (Å²) in [5.74, 6) is 0.613. The fourth-order valence-corrected chi connectivity index (χ4v) is 3.50. The quantitative estimate of drug-likeness (QED) is 0.808. The molecule has 0 amide bonds. The number of thiophene rings is 1. The Balaban J connectivity index is 2.17. The van der Waals surface area contributed by atoms with E-state index in [9.17, 15) is 0 Å². The van der Waals surface area contributed by atoms with E-state index in [-0.39, 0.29) is 6.10 Å². The Morgan fingerprint density at radius 3 is 2.67 bits per heavy atom. The lowest BCUT2D eigenvalue weighted by Crippen LogP contribution is -2.26. The van der Waals surface area contributed by atoms with Gasteiger partial charge in [-0.15, -0.1) is 11.3 Å². The summed E-state index contributed by atoms with van der Waals surface area (Å²) >= 11 is 5.26. The second-order valence-corrected chi connectivity index (χ2v) is 6.02. The fraction of sp³-hybridized carbons (Fsp3) is 0.556. The monoisotopic (exact) mass is 246 g/mol. The first-order chi connectivity index (χ1) is 5.66. The zero-order valence-corrected chi connectivity index (χ0v) is 9.28. The van der Waals surface area contributed by atoms with E-state index in [1.54, 1.807) is 11.3 Å². The van der Waals surface area contributed by atoms with Crippen molar-refractivity contribution in [1.82, 2.24) is 0 Å². The number of aliphatic hydroxyl groups is 1.